The smallest absolute Gasteiger partial charge is 0.303 e. The van der Waals surface area contributed by atoms with E-state index in [0.29, 0.717) is 12.6 Å². The number of alkyl halides is 3. The van der Waals surface area contributed by atoms with Crippen LogP contribution in [0.3, 0.4) is 0 Å². The van der Waals surface area contributed by atoms with Gasteiger partial charge in [-0.2, -0.15) is 13.2 Å². The Morgan fingerprint density at radius 2 is 1.83 bits per heavy atom. The summed E-state index contributed by atoms with van der Waals surface area (Å²) in [5.74, 6) is 0.109. The molecule has 0 aromatic carbocycles. The predicted molar refractivity (Wildman–Crippen MR) is 46.3 cm³/mol. The molecule has 0 atom stereocenters. The minimum absolute atomic E-state index is 0.0376. The lowest BCUT2D eigenvalue weighted by molar-refractivity contribution is -0.0328. The molecule has 0 radical (unpaired) electrons. The number of hydrogen-bond donors (Lipinski definition) is 0. The largest absolute Gasteiger partial charge is 0.441 e. The van der Waals surface area contributed by atoms with Gasteiger partial charge < -0.3 is 4.90 Å². The SMILES string of the molecule is CC(C)N(C)CCSC(F)(F)F. The molecule has 0 saturated carbocycles. The quantitative estimate of drug-likeness (QED) is 0.687. The molecule has 1 nitrogen and oxygen atoms in total. The first-order chi connectivity index (χ1) is 5.33. The highest BCUT2D eigenvalue weighted by molar-refractivity contribution is 8.00. The van der Waals surface area contributed by atoms with Crippen molar-refractivity contribution < 1.29 is 13.2 Å². The molecular weight excluding hydrogens is 187 g/mol. The van der Waals surface area contributed by atoms with Crippen molar-refractivity contribution in [1.29, 1.82) is 0 Å². The van der Waals surface area contributed by atoms with Crippen molar-refractivity contribution in [2.45, 2.75) is 25.4 Å². The Bertz CT molecular complexity index is 124. The van der Waals surface area contributed by atoms with Gasteiger partial charge in [0.15, 0.2) is 0 Å². The summed E-state index contributed by atoms with van der Waals surface area (Å²) in [7, 11) is 1.82. The molecule has 0 N–H and O–H groups in total. The van der Waals surface area contributed by atoms with Crippen LogP contribution >= 0.6 is 11.8 Å². The maximum atomic E-state index is 11.7. The van der Waals surface area contributed by atoms with E-state index in [1.54, 1.807) is 0 Å². The zero-order valence-electron chi connectivity index (χ0n) is 7.48. The lowest BCUT2D eigenvalue weighted by atomic mass is 10.3. The third-order valence-electron chi connectivity index (χ3n) is 1.59. The van der Waals surface area contributed by atoms with Crippen LogP contribution < -0.4 is 0 Å². The Hall–Kier alpha value is 0.100. The van der Waals surface area contributed by atoms with Crippen LogP contribution in [0.4, 0.5) is 13.2 Å². The summed E-state index contributed by atoms with van der Waals surface area (Å²) in [6, 6.07) is 0.304. The summed E-state index contributed by atoms with van der Waals surface area (Å²) in [5, 5.41) is 0. The fourth-order valence-electron chi connectivity index (χ4n) is 0.564. The first kappa shape index (κ1) is 12.1. The molecule has 0 unspecified atom stereocenters. The van der Waals surface area contributed by atoms with Crippen molar-refractivity contribution in [1.82, 2.24) is 4.90 Å². The highest BCUT2D eigenvalue weighted by Crippen LogP contribution is 2.29. The summed E-state index contributed by atoms with van der Waals surface area (Å²) >= 11 is 0.0376. The van der Waals surface area contributed by atoms with Gasteiger partial charge in [0.25, 0.3) is 0 Å². The summed E-state index contributed by atoms with van der Waals surface area (Å²) in [5.41, 5.74) is -4.09. The van der Waals surface area contributed by atoms with Gasteiger partial charge in [0.05, 0.1) is 0 Å². The van der Waals surface area contributed by atoms with E-state index in [0.717, 1.165) is 0 Å². The molecule has 0 saturated heterocycles. The van der Waals surface area contributed by atoms with Crippen molar-refractivity contribution in [3.63, 3.8) is 0 Å². The zero-order chi connectivity index (χ0) is 9.78. The first-order valence-corrected chi connectivity index (χ1v) is 4.72. The third-order valence-corrected chi connectivity index (χ3v) is 2.31. The molecule has 0 rings (SSSR count). The summed E-state index contributed by atoms with van der Waals surface area (Å²) in [6.45, 7) is 4.39. The monoisotopic (exact) mass is 201 g/mol. The molecule has 0 aliphatic heterocycles. The normalized spacial score (nSPS) is 13.0. The first-order valence-electron chi connectivity index (χ1n) is 3.74. The standard InChI is InChI=1S/C7H14F3NS/c1-6(2)11(3)4-5-12-7(8,9)10/h6H,4-5H2,1-3H3. The second-order valence-electron chi connectivity index (χ2n) is 2.87. The second kappa shape index (κ2) is 4.97. The van der Waals surface area contributed by atoms with Gasteiger partial charge >= 0.3 is 5.51 Å². The molecule has 0 aliphatic carbocycles. The summed E-state index contributed by atoms with van der Waals surface area (Å²) in [6.07, 6.45) is 0. The maximum absolute atomic E-state index is 11.7. The minimum atomic E-state index is -4.09. The van der Waals surface area contributed by atoms with Crippen LogP contribution in [-0.2, 0) is 0 Å². The van der Waals surface area contributed by atoms with Crippen molar-refractivity contribution in [3.8, 4) is 0 Å². The molecule has 12 heavy (non-hydrogen) atoms. The lowest BCUT2D eigenvalue weighted by Crippen LogP contribution is -2.29. The molecule has 74 valence electrons. The average molecular weight is 201 g/mol. The second-order valence-corrected chi connectivity index (χ2v) is 4.03. The Labute approximate surface area is 75.3 Å². The van der Waals surface area contributed by atoms with Gasteiger partial charge in [-0.1, -0.05) is 0 Å². The van der Waals surface area contributed by atoms with Crippen LogP contribution in [-0.4, -0.2) is 35.8 Å². The fourth-order valence-corrected chi connectivity index (χ4v) is 1.17. The van der Waals surface area contributed by atoms with E-state index in [1.165, 1.54) is 0 Å². The highest BCUT2D eigenvalue weighted by atomic mass is 32.2. The van der Waals surface area contributed by atoms with Gasteiger partial charge in [-0.15, -0.1) is 0 Å². The topological polar surface area (TPSA) is 3.24 Å². The van der Waals surface area contributed by atoms with Gasteiger partial charge in [-0.05, 0) is 32.7 Å². The minimum Gasteiger partial charge on any atom is -0.303 e. The summed E-state index contributed by atoms with van der Waals surface area (Å²) in [4.78, 5) is 1.89. The van der Waals surface area contributed by atoms with Crippen LogP contribution in [0.25, 0.3) is 0 Å². The van der Waals surface area contributed by atoms with Crippen molar-refractivity contribution in [3.05, 3.63) is 0 Å². The molecule has 0 aromatic heterocycles. The van der Waals surface area contributed by atoms with Crippen molar-refractivity contribution >= 4 is 11.8 Å². The van der Waals surface area contributed by atoms with Crippen LogP contribution in [0, 0.1) is 0 Å². The van der Waals surface area contributed by atoms with Crippen LogP contribution in [0.2, 0.25) is 0 Å². The van der Waals surface area contributed by atoms with Crippen LogP contribution in [0.5, 0.6) is 0 Å². The predicted octanol–water partition coefficient (Wildman–Crippen LogP) is 2.58. The van der Waals surface area contributed by atoms with Crippen LogP contribution in [0.1, 0.15) is 13.8 Å². The van der Waals surface area contributed by atoms with Gasteiger partial charge in [-0.3, -0.25) is 0 Å². The van der Waals surface area contributed by atoms with Gasteiger partial charge in [-0.25, -0.2) is 0 Å². The van der Waals surface area contributed by atoms with Crippen molar-refractivity contribution in [2.24, 2.45) is 0 Å². The van der Waals surface area contributed by atoms with Gasteiger partial charge in [0, 0.05) is 18.3 Å². The molecule has 0 amide bonds. The van der Waals surface area contributed by atoms with Crippen molar-refractivity contribution in [2.75, 3.05) is 19.3 Å². The Morgan fingerprint density at radius 3 is 2.17 bits per heavy atom. The molecule has 0 aromatic rings. The highest BCUT2D eigenvalue weighted by Gasteiger charge is 2.27. The summed E-state index contributed by atoms with van der Waals surface area (Å²) < 4.78 is 35.0. The molecule has 0 aliphatic rings. The number of halogens is 3. The fraction of sp³-hybridized carbons (Fsp3) is 1.00. The molecule has 0 bridgehead atoms. The molecular formula is C7H14F3NS. The Morgan fingerprint density at radius 1 is 1.33 bits per heavy atom. The number of rotatable bonds is 4. The van der Waals surface area contributed by atoms with E-state index < -0.39 is 5.51 Å². The van der Waals surface area contributed by atoms with E-state index in [9.17, 15) is 13.2 Å². The Balaban J connectivity index is 3.44. The van der Waals surface area contributed by atoms with Gasteiger partial charge in [0.1, 0.15) is 0 Å². The lowest BCUT2D eigenvalue weighted by Gasteiger charge is -2.20. The van der Waals surface area contributed by atoms with E-state index in [1.807, 2.05) is 25.8 Å². The third kappa shape index (κ3) is 6.79. The van der Waals surface area contributed by atoms with E-state index in [4.69, 9.17) is 0 Å². The number of hydrogen-bond acceptors (Lipinski definition) is 2. The van der Waals surface area contributed by atoms with E-state index >= 15 is 0 Å². The van der Waals surface area contributed by atoms with E-state index in [-0.39, 0.29) is 17.5 Å². The van der Waals surface area contributed by atoms with Crippen LogP contribution in [0.15, 0.2) is 0 Å². The molecule has 0 spiro atoms. The maximum Gasteiger partial charge on any atom is 0.441 e. The Kier molecular flexibility index (Phi) is 5.01. The van der Waals surface area contributed by atoms with Gasteiger partial charge in [0.2, 0.25) is 0 Å². The average Bonchev–Trinajstić information content (AvgIpc) is 1.84. The molecule has 0 heterocycles. The number of thioether (sulfide) groups is 1. The number of nitrogens with zero attached hydrogens (tertiary/aromatic N) is 1. The van der Waals surface area contributed by atoms with E-state index in [2.05, 4.69) is 0 Å². The molecule has 0 fully saturated rings. The zero-order valence-corrected chi connectivity index (χ0v) is 8.30. The molecule has 5 heteroatoms.